The molecule has 1 aliphatic rings. The highest BCUT2D eigenvalue weighted by atomic mass is 32.2. The molecule has 0 unspecified atom stereocenters. The first-order chi connectivity index (χ1) is 20.0. The minimum Gasteiger partial charge on any atom is -0.383 e. The monoisotopic (exact) mass is 593 g/mol. The average Bonchev–Trinajstić information content (AvgIpc) is 3.64. The van der Waals surface area contributed by atoms with Crippen LogP contribution in [0.2, 0.25) is 0 Å². The molecule has 1 amide bonds. The number of H-pyrrole nitrogens is 1. The highest BCUT2D eigenvalue weighted by molar-refractivity contribution is 7.99. The van der Waals surface area contributed by atoms with Crippen molar-refractivity contribution in [2.75, 3.05) is 22.9 Å². The van der Waals surface area contributed by atoms with Crippen molar-refractivity contribution < 1.29 is 4.79 Å². The number of nitrogens with one attached hydrogen (secondary N) is 1. The van der Waals surface area contributed by atoms with Gasteiger partial charge in [-0.05, 0) is 36.3 Å². The van der Waals surface area contributed by atoms with E-state index in [1.807, 2.05) is 43.3 Å². The van der Waals surface area contributed by atoms with E-state index in [1.165, 1.54) is 32.5 Å². The zero-order valence-corrected chi connectivity index (χ0v) is 24.8. The molecule has 0 radical (unpaired) electrons. The van der Waals surface area contributed by atoms with E-state index in [-0.39, 0.29) is 36.3 Å². The van der Waals surface area contributed by atoms with Crippen molar-refractivity contribution in [3.05, 3.63) is 84.9 Å². The number of hydrogen-bond acceptors (Lipinski definition) is 8. The molecule has 0 atom stereocenters. The summed E-state index contributed by atoms with van der Waals surface area (Å²) in [4.78, 5) is 44.3. The lowest BCUT2D eigenvalue weighted by atomic mass is 9.95. The van der Waals surface area contributed by atoms with Gasteiger partial charge < -0.3 is 15.2 Å². The summed E-state index contributed by atoms with van der Waals surface area (Å²) in [6, 6.07) is 13.8. The molecule has 0 aliphatic heterocycles. The fraction of sp³-hybridized carbons (Fsp3) is 0.414. The second kappa shape index (κ2) is 13.3. The fourth-order valence-electron chi connectivity index (χ4n) is 5.35. The summed E-state index contributed by atoms with van der Waals surface area (Å²) in [7, 11) is 0. The Hall–Kier alpha value is -3.64. The number of thiophene rings is 1. The van der Waals surface area contributed by atoms with Gasteiger partial charge in [0.25, 0.3) is 5.56 Å². The Morgan fingerprint density at radius 2 is 1.90 bits per heavy atom. The van der Waals surface area contributed by atoms with Gasteiger partial charge in [0.05, 0.1) is 12.3 Å². The third-order valence-electron chi connectivity index (χ3n) is 7.33. The Bertz CT molecular complexity index is 1570. The second-order valence-electron chi connectivity index (χ2n) is 10.2. The minimum absolute atomic E-state index is 0.000105. The fourth-order valence-corrected chi connectivity index (χ4v) is 6.95. The van der Waals surface area contributed by atoms with Crippen LogP contribution in [0.4, 0.5) is 11.5 Å². The highest BCUT2D eigenvalue weighted by Crippen LogP contribution is 2.34. The number of carbonyl (C=O) groups is 1. The molecule has 1 saturated carbocycles. The normalized spacial score (nSPS) is 13.9. The van der Waals surface area contributed by atoms with Crippen LogP contribution >= 0.6 is 23.1 Å². The third-order valence-corrected chi connectivity index (χ3v) is 9.13. The number of nitrogens with zero attached hydrogens (tertiary/aromatic N) is 5. The maximum atomic E-state index is 13.7. The van der Waals surface area contributed by atoms with Gasteiger partial charge in [0.1, 0.15) is 11.6 Å². The predicted molar refractivity (Wildman–Crippen MR) is 164 cm³/mol. The number of nitrogens with two attached hydrogens (primary N) is 1. The van der Waals surface area contributed by atoms with Gasteiger partial charge in [-0.1, -0.05) is 74.3 Å². The molecule has 10 nitrogen and oxygen atoms in total. The zero-order valence-electron chi connectivity index (χ0n) is 23.1. The van der Waals surface area contributed by atoms with Crippen LogP contribution < -0.4 is 21.9 Å². The number of benzene rings is 1. The van der Waals surface area contributed by atoms with Crippen molar-refractivity contribution in [2.45, 2.75) is 69.6 Å². The van der Waals surface area contributed by atoms with Gasteiger partial charge in [-0.3, -0.25) is 19.1 Å². The number of carbonyl (C=O) groups excluding carboxylic acids is 1. The minimum atomic E-state index is -0.674. The summed E-state index contributed by atoms with van der Waals surface area (Å²) in [5, 5.41) is 11.8. The zero-order chi connectivity index (χ0) is 28.8. The van der Waals surface area contributed by atoms with Crippen molar-refractivity contribution in [3.8, 4) is 0 Å². The molecule has 1 aromatic carbocycles. The number of hydrogen-bond donors (Lipinski definition) is 2. The summed E-state index contributed by atoms with van der Waals surface area (Å²) in [5.41, 5.74) is 5.98. The SMILES string of the molecule is CCCN(C(=O)CSc1nnc(Cc2cccs2)n1C1CCCCC1)c1c(N)n(Cc2ccccc2)c(=O)[nH]c1=O. The summed E-state index contributed by atoms with van der Waals surface area (Å²) < 4.78 is 3.52. The van der Waals surface area contributed by atoms with Crippen LogP contribution in [0.15, 0.2) is 62.6 Å². The smallest absolute Gasteiger partial charge is 0.330 e. The number of amides is 1. The van der Waals surface area contributed by atoms with Crippen LogP contribution in [0.5, 0.6) is 0 Å². The molecule has 41 heavy (non-hydrogen) atoms. The van der Waals surface area contributed by atoms with Crippen molar-refractivity contribution in [3.63, 3.8) is 0 Å². The molecule has 0 spiro atoms. The lowest BCUT2D eigenvalue weighted by molar-refractivity contribution is -0.116. The topological polar surface area (TPSA) is 132 Å². The molecule has 4 aromatic rings. The number of thioether (sulfide) groups is 1. The highest BCUT2D eigenvalue weighted by Gasteiger charge is 2.27. The molecule has 1 aliphatic carbocycles. The first kappa shape index (κ1) is 28.9. The van der Waals surface area contributed by atoms with Gasteiger partial charge in [-0.2, -0.15) is 0 Å². The molecule has 1 fully saturated rings. The largest absolute Gasteiger partial charge is 0.383 e. The molecule has 0 saturated heterocycles. The third kappa shape index (κ3) is 6.65. The van der Waals surface area contributed by atoms with E-state index >= 15 is 0 Å². The number of aromatic nitrogens is 5. The quantitative estimate of drug-likeness (QED) is 0.246. The maximum absolute atomic E-state index is 13.7. The van der Waals surface area contributed by atoms with E-state index in [9.17, 15) is 14.4 Å². The van der Waals surface area contributed by atoms with E-state index in [1.54, 1.807) is 11.3 Å². The Labute approximate surface area is 246 Å². The Morgan fingerprint density at radius 3 is 2.61 bits per heavy atom. The molecular formula is C29H35N7O3S2. The number of aromatic amines is 1. The first-order valence-corrected chi connectivity index (χ1v) is 15.9. The van der Waals surface area contributed by atoms with Gasteiger partial charge in [-0.15, -0.1) is 21.5 Å². The Morgan fingerprint density at radius 1 is 1.12 bits per heavy atom. The van der Waals surface area contributed by atoms with Crippen molar-refractivity contribution in [2.24, 2.45) is 0 Å². The van der Waals surface area contributed by atoms with Crippen molar-refractivity contribution >= 4 is 40.5 Å². The van der Waals surface area contributed by atoms with Crippen molar-refractivity contribution in [1.82, 2.24) is 24.3 Å². The van der Waals surface area contributed by atoms with Gasteiger partial charge in [0.2, 0.25) is 5.91 Å². The van der Waals surface area contributed by atoms with Crippen LogP contribution in [0.1, 0.15) is 67.8 Å². The Kier molecular flexibility index (Phi) is 9.40. The van der Waals surface area contributed by atoms with E-state index < -0.39 is 11.2 Å². The summed E-state index contributed by atoms with van der Waals surface area (Å²) in [6.07, 6.45) is 6.99. The summed E-state index contributed by atoms with van der Waals surface area (Å²) >= 11 is 3.03. The molecule has 5 rings (SSSR count). The number of anilines is 2. The molecule has 12 heteroatoms. The van der Waals surface area contributed by atoms with E-state index in [0.717, 1.165) is 37.1 Å². The first-order valence-electron chi connectivity index (χ1n) is 14.0. The lowest BCUT2D eigenvalue weighted by Crippen LogP contribution is -2.42. The number of rotatable bonds is 11. The van der Waals surface area contributed by atoms with Crippen molar-refractivity contribution in [1.29, 1.82) is 0 Å². The molecule has 3 aromatic heterocycles. The van der Waals surface area contributed by atoms with E-state index in [4.69, 9.17) is 5.73 Å². The molecule has 216 valence electrons. The number of nitrogen functional groups attached to an aromatic ring is 1. The lowest BCUT2D eigenvalue weighted by Gasteiger charge is -2.26. The molecular weight excluding hydrogens is 558 g/mol. The molecule has 3 heterocycles. The van der Waals surface area contributed by atoms with Gasteiger partial charge in [0.15, 0.2) is 10.8 Å². The van der Waals surface area contributed by atoms with Gasteiger partial charge in [0, 0.05) is 23.9 Å². The van der Waals surface area contributed by atoms with Crippen LogP contribution in [0, 0.1) is 0 Å². The predicted octanol–water partition coefficient (Wildman–Crippen LogP) is 4.45. The molecule has 3 N–H and O–H groups in total. The second-order valence-corrected chi connectivity index (χ2v) is 12.2. The van der Waals surface area contributed by atoms with E-state index in [0.29, 0.717) is 24.0 Å². The van der Waals surface area contributed by atoms with E-state index in [2.05, 4.69) is 31.2 Å². The van der Waals surface area contributed by atoms with Crippen LogP contribution in [-0.2, 0) is 17.8 Å². The van der Waals surface area contributed by atoms with Gasteiger partial charge in [-0.25, -0.2) is 4.79 Å². The standard InChI is InChI=1S/C29H35N7O3S2/c1-2-15-34(25-26(30)35(28(39)31-27(25)38)18-20-10-5-3-6-11-20)24(37)19-41-29-33-32-23(17-22-14-9-16-40-22)36(29)21-12-7-4-8-13-21/h3,5-6,9-11,14,16,21H,2,4,7-8,12-13,15,17-19,30H2,1H3,(H,31,38,39). The average molecular weight is 594 g/mol. The van der Waals surface area contributed by atoms with Crippen LogP contribution in [-0.4, -0.2) is 42.5 Å². The maximum Gasteiger partial charge on any atom is 0.330 e. The van der Waals surface area contributed by atoms with Crippen LogP contribution in [0.3, 0.4) is 0 Å². The summed E-state index contributed by atoms with van der Waals surface area (Å²) in [6.45, 7) is 2.39. The van der Waals surface area contributed by atoms with Crippen LogP contribution in [0.25, 0.3) is 0 Å². The Balaban J connectivity index is 1.40. The van der Waals surface area contributed by atoms with Gasteiger partial charge >= 0.3 is 5.69 Å². The molecule has 0 bridgehead atoms. The summed E-state index contributed by atoms with van der Waals surface area (Å²) in [5.74, 6) is 0.656.